The SMILES string of the molecule is CCC/C(=N\NC(=O)C(O)(c1cc(C)ccc1C)c1cc(C)ccc1C)c1ccccc1. The second-order valence-electron chi connectivity index (χ2n) is 8.46. The van der Waals surface area contributed by atoms with Gasteiger partial charge in [-0.25, -0.2) is 5.43 Å². The number of aryl methyl sites for hydroxylation is 4. The van der Waals surface area contributed by atoms with Gasteiger partial charge in [-0.05, 0) is 50.8 Å². The fourth-order valence-electron chi connectivity index (χ4n) is 3.97. The molecule has 0 spiro atoms. The van der Waals surface area contributed by atoms with Crippen LogP contribution in [0.15, 0.2) is 71.8 Å². The molecule has 0 radical (unpaired) electrons. The van der Waals surface area contributed by atoms with Gasteiger partial charge in [0.05, 0.1) is 5.71 Å². The number of rotatable bonds is 7. The van der Waals surface area contributed by atoms with Crippen molar-refractivity contribution in [1.82, 2.24) is 5.43 Å². The number of carbonyl (C=O) groups is 1. The number of nitrogens with zero attached hydrogens (tertiary/aromatic N) is 1. The van der Waals surface area contributed by atoms with E-state index in [2.05, 4.69) is 17.5 Å². The Morgan fingerprint density at radius 3 is 1.91 bits per heavy atom. The second-order valence-corrected chi connectivity index (χ2v) is 8.46. The zero-order valence-corrected chi connectivity index (χ0v) is 19.6. The normalized spacial score (nSPS) is 12.0. The lowest BCUT2D eigenvalue weighted by Gasteiger charge is -2.30. The molecule has 0 saturated heterocycles. The van der Waals surface area contributed by atoms with E-state index in [9.17, 15) is 9.90 Å². The van der Waals surface area contributed by atoms with Crippen molar-refractivity contribution < 1.29 is 9.90 Å². The third-order valence-electron chi connectivity index (χ3n) is 5.78. The molecule has 2 N–H and O–H groups in total. The van der Waals surface area contributed by atoms with E-state index < -0.39 is 11.5 Å². The lowest BCUT2D eigenvalue weighted by Crippen LogP contribution is -2.45. The molecular formula is C28H32N2O2. The molecule has 0 atom stereocenters. The molecule has 166 valence electrons. The molecule has 3 rings (SSSR count). The lowest BCUT2D eigenvalue weighted by molar-refractivity contribution is -0.136. The minimum atomic E-state index is -1.87. The fourth-order valence-corrected chi connectivity index (χ4v) is 3.97. The van der Waals surface area contributed by atoms with Gasteiger partial charge < -0.3 is 5.11 Å². The summed E-state index contributed by atoms with van der Waals surface area (Å²) in [5.74, 6) is -0.565. The summed E-state index contributed by atoms with van der Waals surface area (Å²) in [6.45, 7) is 9.80. The molecule has 0 aliphatic rings. The summed E-state index contributed by atoms with van der Waals surface area (Å²) in [6, 6.07) is 21.4. The molecule has 0 aliphatic heterocycles. The minimum absolute atomic E-state index is 0.565. The van der Waals surface area contributed by atoms with E-state index in [1.807, 2.05) is 94.4 Å². The Bertz CT molecular complexity index is 1080. The van der Waals surface area contributed by atoms with E-state index in [1.165, 1.54) is 0 Å². The highest BCUT2D eigenvalue weighted by Crippen LogP contribution is 2.35. The Morgan fingerprint density at radius 1 is 0.875 bits per heavy atom. The van der Waals surface area contributed by atoms with Gasteiger partial charge in [-0.3, -0.25) is 4.79 Å². The zero-order chi connectivity index (χ0) is 23.3. The molecule has 0 bridgehead atoms. The van der Waals surface area contributed by atoms with Crippen molar-refractivity contribution in [3.63, 3.8) is 0 Å². The van der Waals surface area contributed by atoms with Gasteiger partial charge in [-0.2, -0.15) is 5.10 Å². The smallest absolute Gasteiger partial charge is 0.281 e. The predicted molar refractivity (Wildman–Crippen MR) is 131 cm³/mol. The Balaban J connectivity index is 2.12. The average Bonchev–Trinajstić information content (AvgIpc) is 2.79. The molecule has 1 amide bonds. The van der Waals surface area contributed by atoms with Gasteiger partial charge in [0.25, 0.3) is 5.91 Å². The van der Waals surface area contributed by atoms with Crippen molar-refractivity contribution in [2.75, 3.05) is 0 Å². The number of nitrogens with one attached hydrogen (secondary N) is 1. The van der Waals surface area contributed by atoms with E-state index >= 15 is 0 Å². The third-order valence-corrected chi connectivity index (χ3v) is 5.78. The number of aliphatic hydroxyl groups is 1. The standard InChI is InChI=1S/C28H32N2O2/c1-6-10-26(23-11-8-7-9-12-23)29-30-27(31)28(32,24-17-19(2)13-15-21(24)4)25-18-20(3)14-16-22(25)5/h7-9,11-18,32H,6,10H2,1-5H3,(H,30,31)/b29-26+. The Hall–Kier alpha value is -3.24. The van der Waals surface area contributed by atoms with Crippen LogP contribution in [-0.2, 0) is 10.4 Å². The number of hydrogen-bond acceptors (Lipinski definition) is 3. The number of benzene rings is 3. The molecule has 0 fully saturated rings. The first-order chi connectivity index (χ1) is 15.3. The van der Waals surface area contributed by atoms with Crippen molar-refractivity contribution in [1.29, 1.82) is 0 Å². The van der Waals surface area contributed by atoms with E-state index in [4.69, 9.17) is 0 Å². The summed E-state index contributed by atoms with van der Waals surface area (Å²) in [5.41, 5.74) is 7.33. The maximum atomic E-state index is 13.7. The number of amides is 1. The van der Waals surface area contributed by atoms with Crippen molar-refractivity contribution >= 4 is 11.6 Å². The maximum Gasteiger partial charge on any atom is 0.281 e. The van der Waals surface area contributed by atoms with Gasteiger partial charge in [0.1, 0.15) is 0 Å². The van der Waals surface area contributed by atoms with Crippen LogP contribution in [0, 0.1) is 27.7 Å². The Labute approximate surface area is 191 Å². The maximum absolute atomic E-state index is 13.7. The molecule has 0 saturated carbocycles. The van der Waals surface area contributed by atoms with Crippen LogP contribution in [0.2, 0.25) is 0 Å². The monoisotopic (exact) mass is 428 g/mol. The van der Waals surface area contributed by atoms with Gasteiger partial charge >= 0.3 is 0 Å². The molecule has 0 aromatic heterocycles. The zero-order valence-electron chi connectivity index (χ0n) is 19.6. The highest BCUT2D eigenvalue weighted by Gasteiger charge is 2.42. The van der Waals surface area contributed by atoms with Gasteiger partial charge in [-0.15, -0.1) is 0 Å². The summed E-state index contributed by atoms with van der Waals surface area (Å²) < 4.78 is 0. The molecule has 3 aromatic rings. The van der Waals surface area contributed by atoms with Crippen LogP contribution >= 0.6 is 0 Å². The van der Waals surface area contributed by atoms with Gasteiger partial charge in [-0.1, -0.05) is 91.2 Å². The van der Waals surface area contributed by atoms with Crippen LogP contribution in [0.3, 0.4) is 0 Å². The quantitative estimate of drug-likeness (QED) is 0.387. The highest BCUT2D eigenvalue weighted by atomic mass is 16.3. The van der Waals surface area contributed by atoms with Crippen molar-refractivity contribution in [3.8, 4) is 0 Å². The molecule has 0 unspecified atom stereocenters. The van der Waals surface area contributed by atoms with E-state index in [0.29, 0.717) is 11.1 Å². The average molecular weight is 429 g/mol. The summed E-state index contributed by atoms with van der Waals surface area (Å²) in [6.07, 6.45) is 1.61. The summed E-state index contributed by atoms with van der Waals surface area (Å²) in [4.78, 5) is 13.7. The van der Waals surface area contributed by atoms with Crippen LogP contribution in [0.25, 0.3) is 0 Å². The number of hydrogen-bond donors (Lipinski definition) is 2. The van der Waals surface area contributed by atoms with Crippen LogP contribution in [0.1, 0.15) is 58.7 Å². The number of carbonyl (C=O) groups excluding carboxylic acids is 1. The van der Waals surface area contributed by atoms with Crippen molar-refractivity contribution in [2.45, 2.75) is 53.1 Å². The van der Waals surface area contributed by atoms with Crippen LogP contribution < -0.4 is 5.43 Å². The van der Waals surface area contributed by atoms with Crippen LogP contribution in [-0.4, -0.2) is 16.7 Å². The highest BCUT2D eigenvalue weighted by molar-refractivity contribution is 6.01. The van der Waals surface area contributed by atoms with Crippen molar-refractivity contribution in [2.24, 2.45) is 5.10 Å². The molecule has 0 aliphatic carbocycles. The van der Waals surface area contributed by atoms with E-state index in [-0.39, 0.29) is 0 Å². The fraction of sp³-hybridized carbons (Fsp3) is 0.286. The first kappa shape index (κ1) is 23.4. The minimum Gasteiger partial charge on any atom is -0.372 e. The van der Waals surface area contributed by atoms with Gasteiger partial charge in [0.15, 0.2) is 5.60 Å². The lowest BCUT2D eigenvalue weighted by atomic mass is 9.80. The molecule has 3 aromatic carbocycles. The molecule has 4 heteroatoms. The van der Waals surface area contributed by atoms with Gasteiger partial charge in [0, 0.05) is 11.1 Å². The summed E-state index contributed by atoms with van der Waals surface area (Å²) in [5, 5.41) is 16.5. The first-order valence-corrected chi connectivity index (χ1v) is 11.1. The van der Waals surface area contributed by atoms with Crippen molar-refractivity contribution in [3.05, 3.63) is 106 Å². The van der Waals surface area contributed by atoms with Crippen LogP contribution in [0.5, 0.6) is 0 Å². The van der Waals surface area contributed by atoms with E-state index in [1.54, 1.807) is 0 Å². The summed E-state index contributed by atoms with van der Waals surface area (Å²) >= 11 is 0. The molecule has 4 nitrogen and oxygen atoms in total. The number of hydrazone groups is 1. The molecule has 0 heterocycles. The predicted octanol–water partition coefficient (Wildman–Crippen LogP) is 5.48. The first-order valence-electron chi connectivity index (χ1n) is 11.1. The molecular weight excluding hydrogens is 396 g/mol. The van der Waals surface area contributed by atoms with Crippen LogP contribution in [0.4, 0.5) is 0 Å². The van der Waals surface area contributed by atoms with E-state index in [0.717, 1.165) is 46.4 Å². The third kappa shape index (κ3) is 4.81. The Morgan fingerprint density at radius 2 is 1.41 bits per heavy atom. The van der Waals surface area contributed by atoms with Gasteiger partial charge in [0.2, 0.25) is 0 Å². The second kappa shape index (κ2) is 9.92. The largest absolute Gasteiger partial charge is 0.372 e. The summed E-state index contributed by atoms with van der Waals surface area (Å²) in [7, 11) is 0. The molecule has 32 heavy (non-hydrogen) atoms. The Kier molecular flexibility index (Phi) is 7.26. The topological polar surface area (TPSA) is 61.7 Å².